The van der Waals surface area contributed by atoms with E-state index in [0.717, 1.165) is 11.3 Å². The maximum atomic E-state index is 11.7. The lowest BCUT2D eigenvalue weighted by Gasteiger charge is -2.11. The average Bonchev–Trinajstić information content (AvgIpc) is 2.68. The first kappa shape index (κ1) is 10.7. The van der Waals surface area contributed by atoms with Crippen molar-refractivity contribution in [2.45, 2.75) is 25.9 Å². The number of aryl methyl sites for hydroxylation is 1. The third-order valence-electron chi connectivity index (χ3n) is 2.58. The first-order valence-electron chi connectivity index (χ1n) is 5.23. The molecule has 0 radical (unpaired) electrons. The Hall–Kier alpha value is -1.84. The minimum absolute atomic E-state index is 0.250. The normalized spacial score (nSPS) is 19.3. The summed E-state index contributed by atoms with van der Waals surface area (Å²) >= 11 is 0. The molecule has 1 saturated heterocycles. The molecule has 1 aliphatic rings. The van der Waals surface area contributed by atoms with Gasteiger partial charge in [0.25, 0.3) is 5.91 Å². The molecular formula is C12H13NO3. The largest absolute Gasteiger partial charge is 0.452 e. The Bertz CT molecular complexity index is 428. The van der Waals surface area contributed by atoms with E-state index < -0.39 is 6.10 Å². The average molecular weight is 219 g/mol. The number of esters is 1. The van der Waals surface area contributed by atoms with E-state index >= 15 is 0 Å². The molecule has 4 heteroatoms. The predicted molar refractivity (Wildman–Crippen MR) is 58.9 cm³/mol. The van der Waals surface area contributed by atoms with Gasteiger partial charge < -0.3 is 10.1 Å². The first-order chi connectivity index (χ1) is 7.66. The Balaban J connectivity index is 2.03. The monoisotopic (exact) mass is 219 g/mol. The maximum absolute atomic E-state index is 11.7. The van der Waals surface area contributed by atoms with Gasteiger partial charge >= 0.3 is 5.97 Å². The second-order valence-corrected chi connectivity index (χ2v) is 3.82. The topological polar surface area (TPSA) is 55.4 Å². The molecule has 0 spiro atoms. The van der Waals surface area contributed by atoms with Gasteiger partial charge in [0, 0.05) is 18.5 Å². The third kappa shape index (κ3) is 2.21. The fourth-order valence-electron chi connectivity index (χ4n) is 1.64. The Morgan fingerprint density at radius 3 is 2.81 bits per heavy atom. The van der Waals surface area contributed by atoms with Crippen LogP contribution in [0, 0.1) is 6.92 Å². The number of anilines is 1. The van der Waals surface area contributed by atoms with Gasteiger partial charge in [0.05, 0.1) is 0 Å². The number of cyclic esters (lactones) is 1. The van der Waals surface area contributed by atoms with Crippen molar-refractivity contribution in [2.24, 2.45) is 0 Å². The molecule has 2 rings (SSSR count). The number of carbonyl (C=O) groups excluding carboxylic acids is 2. The van der Waals surface area contributed by atoms with Crippen molar-refractivity contribution >= 4 is 17.6 Å². The number of nitrogens with one attached hydrogen (secondary N) is 1. The summed E-state index contributed by atoms with van der Waals surface area (Å²) in [5, 5.41) is 2.76. The standard InChI is InChI=1S/C12H13NO3/c1-8-4-2-3-5-9(8)13-12(15)10-6-7-11(14)16-10/h2-5,10H,6-7H2,1H3,(H,13,15). The molecule has 1 fully saturated rings. The van der Waals surface area contributed by atoms with Crippen molar-refractivity contribution in [1.29, 1.82) is 0 Å². The molecule has 1 atom stereocenters. The number of carbonyl (C=O) groups is 2. The van der Waals surface area contributed by atoms with Gasteiger partial charge in [-0.2, -0.15) is 0 Å². The smallest absolute Gasteiger partial charge is 0.306 e. The molecule has 0 saturated carbocycles. The summed E-state index contributed by atoms with van der Waals surface area (Å²) in [6.45, 7) is 1.91. The Kier molecular flexibility index (Phi) is 2.90. The number of ether oxygens (including phenoxy) is 1. The molecule has 4 nitrogen and oxygen atoms in total. The minimum Gasteiger partial charge on any atom is -0.452 e. The van der Waals surface area contributed by atoms with Crippen LogP contribution in [0.2, 0.25) is 0 Å². The fraction of sp³-hybridized carbons (Fsp3) is 0.333. The van der Waals surface area contributed by atoms with Crippen LogP contribution in [0.15, 0.2) is 24.3 Å². The fourth-order valence-corrected chi connectivity index (χ4v) is 1.64. The highest BCUT2D eigenvalue weighted by Gasteiger charge is 2.29. The lowest BCUT2D eigenvalue weighted by Crippen LogP contribution is -2.27. The number of hydrogen-bond donors (Lipinski definition) is 1. The van der Waals surface area contributed by atoms with E-state index in [1.165, 1.54) is 0 Å². The highest BCUT2D eigenvalue weighted by atomic mass is 16.6. The summed E-state index contributed by atoms with van der Waals surface area (Å²) in [7, 11) is 0. The molecule has 84 valence electrons. The summed E-state index contributed by atoms with van der Waals surface area (Å²) in [4.78, 5) is 22.6. The van der Waals surface area contributed by atoms with Crippen molar-refractivity contribution in [3.8, 4) is 0 Å². The van der Waals surface area contributed by atoms with E-state index in [4.69, 9.17) is 4.74 Å². The lowest BCUT2D eigenvalue weighted by molar-refractivity contribution is -0.146. The quantitative estimate of drug-likeness (QED) is 0.769. The molecular weight excluding hydrogens is 206 g/mol. The number of amides is 1. The first-order valence-corrected chi connectivity index (χ1v) is 5.23. The predicted octanol–water partition coefficient (Wildman–Crippen LogP) is 1.64. The van der Waals surface area contributed by atoms with E-state index in [1.807, 2.05) is 31.2 Å². The van der Waals surface area contributed by atoms with Crippen molar-refractivity contribution < 1.29 is 14.3 Å². The zero-order valence-electron chi connectivity index (χ0n) is 9.03. The summed E-state index contributed by atoms with van der Waals surface area (Å²) in [5.41, 5.74) is 1.75. The van der Waals surface area contributed by atoms with Gasteiger partial charge in [-0.25, -0.2) is 0 Å². The van der Waals surface area contributed by atoms with Gasteiger partial charge in [0.2, 0.25) is 0 Å². The zero-order chi connectivity index (χ0) is 11.5. The summed E-state index contributed by atoms with van der Waals surface area (Å²) < 4.78 is 4.88. The van der Waals surface area contributed by atoms with E-state index in [0.29, 0.717) is 12.8 Å². The van der Waals surface area contributed by atoms with E-state index in [2.05, 4.69) is 5.32 Å². The molecule has 1 aromatic rings. The highest BCUT2D eigenvalue weighted by Crippen LogP contribution is 2.18. The summed E-state index contributed by atoms with van der Waals surface area (Å²) in [6, 6.07) is 7.49. The molecule has 1 heterocycles. The number of hydrogen-bond acceptors (Lipinski definition) is 3. The molecule has 0 aromatic heterocycles. The van der Waals surface area contributed by atoms with Crippen molar-refractivity contribution in [1.82, 2.24) is 0 Å². The summed E-state index contributed by atoms with van der Waals surface area (Å²) in [6.07, 6.45) is 0.162. The molecule has 1 amide bonds. The molecule has 0 bridgehead atoms. The Morgan fingerprint density at radius 1 is 1.44 bits per heavy atom. The zero-order valence-corrected chi connectivity index (χ0v) is 9.03. The van der Waals surface area contributed by atoms with Crippen LogP contribution in [0.1, 0.15) is 18.4 Å². The lowest BCUT2D eigenvalue weighted by atomic mass is 10.2. The molecule has 1 unspecified atom stereocenters. The van der Waals surface area contributed by atoms with E-state index in [9.17, 15) is 9.59 Å². The molecule has 16 heavy (non-hydrogen) atoms. The van der Waals surface area contributed by atoms with E-state index in [1.54, 1.807) is 0 Å². The van der Waals surface area contributed by atoms with Crippen LogP contribution in [-0.2, 0) is 14.3 Å². The Labute approximate surface area is 93.6 Å². The van der Waals surface area contributed by atoms with Crippen LogP contribution in [-0.4, -0.2) is 18.0 Å². The minimum atomic E-state index is -0.632. The molecule has 1 aliphatic heterocycles. The highest BCUT2D eigenvalue weighted by molar-refractivity contribution is 5.97. The Morgan fingerprint density at radius 2 is 2.19 bits per heavy atom. The third-order valence-corrected chi connectivity index (χ3v) is 2.58. The number of benzene rings is 1. The van der Waals surface area contributed by atoms with Gasteiger partial charge in [-0.3, -0.25) is 9.59 Å². The second kappa shape index (κ2) is 4.35. The molecule has 0 aliphatic carbocycles. The number of para-hydroxylation sites is 1. The van der Waals surface area contributed by atoms with Crippen LogP contribution in [0.3, 0.4) is 0 Å². The van der Waals surface area contributed by atoms with Gasteiger partial charge in [-0.15, -0.1) is 0 Å². The van der Waals surface area contributed by atoms with Crippen LogP contribution in [0.4, 0.5) is 5.69 Å². The van der Waals surface area contributed by atoms with Crippen LogP contribution >= 0.6 is 0 Å². The second-order valence-electron chi connectivity index (χ2n) is 3.82. The van der Waals surface area contributed by atoms with E-state index in [-0.39, 0.29) is 11.9 Å². The summed E-state index contributed by atoms with van der Waals surface area (Å²) in [5.74, 6) is -0.551. The maximum Gasteiger partial charge on any atom is 0.306 e. The van der Waals surface area contributed by atoms with Crippen LogP contribution in [0.5, 0.6) is 0 Å². The van der Waals surface area contributed by atoms with Gasteiger partial charge in [0.1, 0.15) is 0 Å². The van der Waals surface area contributed by atoms with Gasteiger partial charge in [0.15, 0.2) is 6.10 Å². The SMILES string of the molecule is Cc1ccccc1NC(=O)C1CCC(=O)O1. The van der Waals surface area contributed by atoms with Crippen LogP contribution in [0.25, 0.3) is 0 Å². The number of rotatable bonds is 2. The van der Waals surface area contributed by atoms with Crippen molar-refractivity contribution in [3.05, 3.63) is 29.8 Å². The van der Waals surface area contributed by atoms with Crippen molar-refractivity contribution in [3.63, 3.8) is 0 Å². The molecule has 1 aromatic carbocycles. The molecule has 1 N–H and O–H groups in total. The van der Waals surface area contributed by atoms with Crippen LogP contribution < -0.4 is 5.32 Å². The van der Waals surface area contributed by atoms with Gasteiger partial charge in [-0.05, 0) is 18.6 Å². The van der Waals surface area contributed by atoms with Crippen molar-refractivity contribution in [2.75, 3.05) is 5.32 Å². The van der Waals surface area contributed by atoms with Gasteiger partial charge in [-0.1, -0.05) is 18.2 Å².